The van der Waals surface area contributed by atoms with Gasteiger partial charge in [0.25, 0.3) is 0 Å². The number of hydrogen-bond acceptors (Lipinski definition) is 4. The second kappa shape index (κ2) is 9.76. The van der Waals surface area contributed by atoms with E-state index in [0.717, 1.165) is 17.7 Å². The Balaban J connectivity index is 1.43. The molecule has 0 unspecified atom stereocenters. The van der Waals surface area contributed by atoms with Crippen LogP contribution in [0.4, 0.5) is 4.39 Å². The lowest BCUT2D eigenvalue weighted by Gasteiger charge is -2.30. The van der Waals surface area contributed by atoms with E-state index in [2.05, 4.69) is 5.32 Å². The molecule has 0 bridgehead atoms. The molecule has 0 radical (unpaired) electrons. The number of halogens is 2. The minimum Gasteiger partial charge on any atom is -0.492 e. The quantitative estimate of drug-likeness (QED) is 0.651. The number of amides is 1. The summed E-state index contributed by atoms with van der Waals surface area (Å²) in [7, 11) is -3.68. The first kappa shape index (κ1) is 22.5. The molecular formula is C21H24ClFN2O4S. The van der Waals surface area contributed by atoms with Crippen molar-refractivity contribution in [2.45, 2.75) is 24.7 Å². The molecule has 1 aliphatic rings. The molecule has 0 aliphatic carbocycles. The van der Waals surface area contributed by atoms with E-state index < -0.39 is 15.8 Å². The molecule has 1 aliphatic heterocycles. The fourth-order valence-electron chi connectivity index (χ4n) is 3.26. The molecule has 2 aromatic carbocycles. The summed E-state index contributed by atoms with van der Waals surface area (Å²) in [5.74, 6) is -0.212. The van der Waals surface area contributed by atoms with Crippen molar-refractivity contribution < 1.29 is 22.3 Å². The van der Waals surface area contributed by atoms with Gasteiger partial charge in [0.05, 0.1) is 11.4 Å². The molecular weight excluding hydrogens is 431 g/mol. The van der Waals surface area contributed by atoms with Crippen LogP contribution in [0.2, 0.25) is 5.02 Å². The molecule has 1 N–H and O–H groups in total. The summed E-state index contributed by atoms with van der Waals surface area (Å²) in [6, 6.07) is 10.2. The van der Waals surface area contributed by atoms with Gasteiger partial charge in [0.2, 0.25) is 15.9 Å². The molecule has 9 heteroatoms. The van der Waals surface area contributed by atoms with Gasteiger partial charge in [-0.3, -0.25) is 4.79 Å². The highest BCUT2D eigenvalue weighted by molar-refractivity contribution is 7.89. The van der Waals surface area contributed by atoms with E-state index in [1.807, 2.05) is 19.1 Å². The van der Waals surface area contributed by atoms with Gasteiger partial charge < -0.3 is 10.1 Å². The van der Waals surface area contributed by atoms with Crippen LogP contribution >= 0.6 is 11.6 Å². The van der Waals surface area contributed by atoms with Crippen LogP contribution in [0.5, 0.6) is 5.75 Å². The van der Waals surface area contributed by atoms with Gasteiger partial charge in [0.15, 0.2) is 0 Å². The zero-order valence-corrected chi connectivity index (χ0v) is 18.2. The molecule has 1 saturated heterocycles. The molecule has 1 fully saturated rings. The third kappa shape index (κ3) is 5.50. The van der Waals surface area contributed by atoms with Crippen molar-refractivity contribution in [2.75, 3.05) is 26.2 Å². The normalized spacial score (nSPS) is 15.7. The van der Waals surface area contributed by atoms with Crippen LogP contribution in [-0.4, -0.2) is 44.9 Å². The molecule has 1 heterocycles. The molecule has 0 saturated carbocycles. The molecule has 162 valence electrons. The van der Waals surface area contributed by atoms with E-state index in [0.29, 0.717) is 36.8 Å². The number of piperidine rings is 1. The lowest BCUT2D eigenvalue weighted by atomic mass is 9.97. The summed E-state index contributed by atoms with van der Waals surface area (Å²) >= 11 is 6.06. The SMILES string of the molecule is Cc1ccc(OCCNC(=O)C2CCN(S(=O)(=O)c3ccc(F)cc3)CC2)cc1Cl. The zero-order valence-electron chi connectivity index (χ0n) is 16.6. The van der Waals surface area contributed by atoms with Gasteiger partial charge in [-0.25, -0.2) is 12.8 Å². The Hall–Kier alpha value is -2.16. The van der Waals surface area contributed by atoms with E-state index in [1.165, 1.54) is 16.4 Å². The second-order valence-electron chi connectivity index (χ2n) is 7.18. The van der Waals surface area contributed by atoms with Gasteiger partial charge in [0, 0.05) is 24.0 Å². The van der Waals surface area contributed by atoms with E-state index in [4.69, 9.17) is 16.3 Å². The second-order valence-corrected chi connectivity index (χ2v) is 9.53. The fraction of sp³-hybridized carbons (Fsp3) is 0.381. The summed E-state index contributed by atoms with van der Waals surface area (Å²) in [6.07, 6.45) is 0.862. The largest absolute Gasteiger partial charge is 0.492 e. The Kier molecular flexibility index (Phi) is 7.33. The number of aryl methyl sites for hydroxylation is 1. The average molecular weight is 455 g/mol. The highest BCUT2D eigenvalue weighted by Crippen LogP contribution is 2.24. The van der Waals surface area contributed by atoms with Crippen LogP contribution in [0, 0.1) is 18.7 Å². The van der Waals surface area contributed by atoms with Gasteiger partial charge in [0.1, 0.15) is 18.2 Å². The Morgan fingerprint density at radius 3 is 2.50 bits per heavy atom. The molecule has 0 atom stereocenters. The Morgan fingerprint density at radius 1 is 1.20 bits per heavy atom. The predicted molar refractivity (Wildman–Crippen MR) is 113 cm³/mol. The third-order valence-corrected chi connectivity index (χ3v) is 7.41. The van der Waals surface area contributed by atoms with Gasteiger partial charge in [-0.05, 0) is 61.7 Å². The average Bonchev–Trinajstić information content (AvgIpc) is 2.74. The van der Waals surface area contributed by atoms with Crippen LogP contribution in [0.1, 0.15) is 18.4 Å². The number of nitrogens with zero attached hydrogens (tertiary/aromatic N) is 1. The fourth-order valence-corrected chi connectivity index (χ4v) is 4.91. The summed E-state index contributed by atoms with van der Waals surface area (Å²) < 4.78 is 45.3. The molecule has 2 aromatic rings. The van der Waals surface area contributed by atoms with Crippen molar-refractivity contribution in [3.05, 3.63) is 58.9 Å². The van der Waals surface area contributed by atoms with Gasteiger partial charge >= 0.3 is 0 Å². The Labute approximate surface area is 181 Å². The van der Waals surface area contributed by atoms with Gasteiger partial charge in [-0.15, -0.1) is 0 Å². The van der Waals surface area contributed by atoms with Crippen molar-refractivity contribution >= 4 is 27.5 Å². The molecule has 1 amide bonds. The number of carbonyl (C=O) groups excluding carboxylic acids is 1. The number of rotatable bonds is 7. The smallest absolute Gasteiger partial charge is 0.243 e. The van der Waals surface area contributed by atoms with E-state index in [1.54, 1.807) is 6.07 Å². The summed E-state index contributed by atoms with van der Waals surface area (Å²) in [6.45, 7) is 3.05. The highest BCUT2D eigenvalue weighted by atomic mass is 35.5. The van der Waals surface area contributed by atoms with Crippen molar-refractivity contribution in [1.82, 2.24) is 9.62 Å². The minimum absolute atomic E-state index is 0.0557. The molecule has 6 nitrogen and oxygen atoms in total. The molecule has 0 spiro atoms. The lowest BCUT2D eigenvalue weighted by molar-refractivity contribution is -0.126. The van der Waals surface area contributed by atoms with E-state index in [-0.39, 0.29) is 29.8 Å². The Morgan fingerprint density at radius 2 is 1.87 bits per heavy atom. The van der Waals surface area contributed by atoms with Crippen molar-refractivity contribution in [1.29, 1.82) is 0 Å². The van der Waals surface area contributed by atoms with Gasteiger partial charge in [-0.2, -0.15) is 4.31 Å². The van der Waals surface area contributed by atoms with Crippen LogP contribution < -0.4 is 10.1 Å². The monoisotopic (exact) mass is 454 g/mol. The number of carbonyl (C=O) groups is 1. The molecule has 30 heavy (non-hydrogen) atoms. The maximum Gasteiger partial charge on any atom is 0.243 e. The summed E-state index contributed by atoms with van der Waals surface area (Å²) in [5.41, 5.74) is 0.963. The third-order valence-electron chi connectivity index (χ3n) is 5.09. The van der Waals surface area contributed by atoms with Crippen molar-refractivity contribution in [3.63, 3.8) is 0 Å². The van der Waals surface area contributed by atoms with Crippen molar-refractivity contribution in [3.8, 4) is 5.75 Å². The zero-order chi connectivity index (χ0) is 21.7. The summed E-state index contributed by atoms with van der Waals surface area (Å²) in [5, 5.41) is 3.46. The standard InChI is InChI=1S/C21H24ClFN2O4S/c1-15-2-5-18(14-20(15)22)29-13-10-24-21(26)16-8-11-25(12-9-16)30(27,28)19-6-3-17(23)4-7-19/h2-7,14,16H,8-13H2,1H3,(H,24,26). The topological polar surface area (TPSA) is 75.7 Å². The van der Waals surface area contributed by atoms with Crippen LogP contribution in [-0.2, 0) is 14.8 Å². The first-order valence-corrected chi connectivity index (χ1v) is 11.5. The van der Waals surface area contributed by atoms with E-state index in [9.17, 15) is 17.6 Å². The highest BCUT2D eigenvalue weighted by Gasteiger charge is 2.31. The van der Waals surface area contributed by atoms with Crippen LogP contribution in [0.15, 0.2) is 47.4 Å². The maximum atomic E-state index is 13.0. The maximum absolute atomic E-state index is 13.0. The first-order valence-electron chi connectivity index (χ1n) is 9.70. The summed E-state index contributed by atoms with van der Waals surface area (Å²) in [4.78, 5) is 12.4. The number of ether oxygens (including phenoxy) is 1. The van der Waals surface area contributed by atoms with Crippen LogP contribution in [0.25, 0.3) is 0 Å². The molecule has 3 rings (SSSR count). The predicted octanol–water partition coefficient (Wildman–Crippen LogP) is 3.38. The number of hydrogen-bond donors (Lipinski definition) is 1. The van der Waals surface area contributed by atoms with Crippen molar-refractivity contribution in [2.24, 2.45) is 5.92 Å². The minimum atomic E-state index is -3.68. The van der Waals surface area contributed by atoms with E-state index >= 15 is 0 Å². The lowest BCUT2D eigenvalue weighted by Crippen LogP contribution is -2.43. The molecule has 0 aromatic heterocycles. The Bertz CT molecular complexity index is 991. The van der Waals surface area contributed by atoms with Crippen LogP contribution in [0.3, 0.4) is 0 Å². The number of nitrogens with one attached hydrogen (secondary N) is 1. The number of benzene rings is 2. The number of sulfonamides is 1. The first-order chi connectivity index (χ1) is 14.3. The van der Waals surface area contributed by atoms with Gasteiger partial charge in [-0.1, -0.05) is 17.7 Å².